The normalized spacial score (nSPS) is 11.6. The van der Waals surface area contributed by atoms with E-state index in [9.17, 15) is 0 Å². The maximum absolute atomic E-state index is 2.39. The molecule has 0 saturated heterocycles. The fourth-order valence-electron chi connectivity index (χ4n) is 11.0. The van der Waals surface area contributed by atoms with Gasteiger partial charge >= 0.3 is 0 Å². The number of benzene rings is 12. The third-order valence-corrected chi connectivity index (χ3v) is 14.4. The number of para-hydroxylation sites is 6. The molecule has 0 radical (unpaired) electrons. The molecule has 0 atom stereocenters. The van der Waals surface area contributed by atoms with Crippen LogP contribution in [0.3, 0.4) is 0 Å². The van der Waals surface area contributed by atoms with Crippen molar-refractivity contribution in [1.29, 1.82) is 0 Å². The monoisotopic (exact) mass is 918 g/mol. The van der Waals surface area contributed by atoms with E-state index in [0.29, 0.717) is 0 Å². The standard InChI is InChI=1S/C68H46N4/c1-5-17-53(18-6-1)69(59-40-34-50-45-67-64(44-51(50)41-59)62-26-14-16-28-66(62)71(67)55-21-9-3-10-22-55)57-35-29-47(30-36-57)48-31-37-58(38-32-48)70(54-19-7-2-8-20-54)60-39-33-49-43-63-61-25-13-15-27-65(61)72(56-23-11-4-12-24-56)68(63)46-52(49)42-60/h1-46H. The molecule has 4 nitrogen and oxygen atoms in total. The first-order chi connectivity index (χ1) is 35.7. The fourth-order valence-corrected chi connectivity index (χ4v) is 11.0. The smallest absolute Gasteiger partial charge is 0.0547 e. The van der Waals surface area contributed by atoms with Gasteiger partial charge in [-0.1, -0.05) is 146 Å². The maximum atomic E-state index is 2.39. The Balaban J connectivity index is 0.809. The van der Waals surface area contributed by atoms with E-state index in [4.69, 9.17) is 0 Å². The number of hydrogen-bond acceptors (Lipinski definition) is 2. The quantitative estimate of drug-likeness (QED) is 0.143. The second kappa shape index (κ2) is 17.1. The van der Waals surface area contributed by atoms with Gasteiger partial charge in [0.05, 0.1) is 22.1 Å². The summed E-state index contributed by atoms with van der Waals surface area (Å²) in [4.78, 5) is 4.72. The van der Waals surface area contributed by atoms with Crippen molar-refractivity contribution in [2.75, 3.05) is 9.80 Å². The lowest BCUT2D eigenvalue weighted by molar-refractivity contribution is 1.18. The van der Waals surface area contributed by atoms with Crippen molar-refractivity contribution in [2.24, 2.45) is 0 Å². The van der Waals surface area contributed by atoms with Crippen LogP contribution in [0.1, 0.15) is 0 Å². The van der Waals surface area contributed by atoms with Crippen LogP contribution in [-0.4, -0.2) is 9.13 Å². The molecule has 0 fully saturated rings. The summed E-state index contributed by atoms with van der Waals surface area (Å²) in [7, 11) is 0. The first kappa shape index (κ1) is 41.3. The van der Waals surface area contributed by atoms with Crippen molar-refractivity contribution >= 4 is 99.3 Å². The predicted molar refractivity (Wildman–Crippen MR) is 305 cm³/mol. The van der Waals surface area contributed by atoms with Gasteiger partial charge in [-0.25, -0.2) is 0 Å². The zero-order valence-electron chi connectivity index (χ0n) is 39.3. The highest BCUT2D eigenvalue weighted by atomic mass is 15.1. The van der Waals surface area contributed by atoms with Crippen LogP contribution >= 0.6 is 0 Å². The van der Waals surface area contributed by atoms with Gasteiger partial charge in [0.1, 0.15) is 0 Å². The SMILES string of the molecule is c1ccc(N(c2ccc(-c3ccc(N(c4ccccc4)c4ccc5cc6c7ccccc7n(-c7ccccc7)c6cc5c4)cc3)cc2)c2ccc3cc4c(cc3c2)c2ccccc2n4-c2ccccc2)cc1. The molecule has 72 heavy (non-hydrogen) atoms. The largest absolute Gasteiger partial charge is 0.310 e. The maximum Gasteiger partial charge on any atom is 0.0547 e. The summed E-state index contributed by atoms with van der Waals surface area (Å²) in [6.07, 6.45) is 0. The number of nitrogens with zero attached hydrogens (tertiary/aromatic N) is 4. The fraction of sp³-hybridized carbons (Fsp3) is 0. The summed E-state index contributed by atoms with van der Waals surface area (Å²) in [6, 6.07) is 101. The minimum Gasteiger partial charge on any atom is -0.310 e. The Kier molecular flexibility index (Phi) is 9.82. The molecule has 0 amide bonds. The number of rotatable bonds is 9. The van der Waals surface area contributed by atoms with Crippen molar-refractivity contribution in [3.05, 3.63) is 279 Å². The molecule has 0 bridgehead atoms. The molecule has 0 aliphatic heterocycles. The Morgan fingerprint density at radius 1 is 0.208 bits per heavy atom. The van der Waals surface area contributed by atoms with Crippen molar-refractivity contribution in [3.63, 3.8) is 0 Å². The van der Waals surface area contributed by atoms with Crippen LogP contribution in [0.25, 0.3) is 87.7 Å². The molecule has 2 heterocycles. The van der Waals surface area contributed by atoms with Crippen LogP contribution in [0.15, 0.2) is 279 Å². The van der Waals surface area contributed by atoms with Crippen molar-refractivity contribution in [1.82, 2.24) is 9.13 Å². The molecule has 2 aromatic heterocycles. The lowest BCUT2D eigenvalue weighted by Crippen LogP contribution is -2.10. The number of fused-ring (bicyclic) bond motifs is 8. The zero-order valence-corrected chi connectivity index (χ0v) is 39.3. The van der Waals surface area contributed by atoms with E-state index in [2.05, 4.69) is 298 Å². The Hall–Kier alpha value is -9.64. The number of aromatic nitrogens is 2. The molecule has 338 valence electrons. The van der Waals surface area contributed by atoms with E-state index in [1.165, 1.54) is 65.2 Å². The second-order valence-corrected chi connectivity index (χ2v) is 18.6. The average molecular weight is 919 g/mol. The van der Waals surface area contributed by atoms with Gasteiger partial charge in [0.2, 0.25) is 0 Å². The highest BCUT2D eigenvalue weighted by Gasteiger charge is 2.19. The van der Waals surface area contributed by atoms with Crippen LogP contribution < -0.4 is 9.80 Å². The van der Waals surface area contributed by atoms with Gasteiger partial charge < -0.3 is 18.9 Å². The summed E-state index contributed by atoms with van der Waals surface area (Å²) in [5, 5.41) is 9.81. The summed E-state index contributed by atoms with van der Waals surface area (Å²) in [6.45, 7) is 0. The molecule has 14 rings (SSSR count). The molecule has 0 N–H and O–H groups in total. The molecule has 14 aromatic rings. The van der Waals surface area contributed by atoms with Crippen LogP contribution in [-0.2, 0) is 0 Å². The first-order valence-electron chi connectivity index (χ1n) is 24.7. The predicted octanol–water partition coefficient (Wildman–Crippen LogP) is 18.8. The highest BCUT2D eigenvalue weighted by molar-refractivity contribution is 6.15. The van der Waals surface area contributed by atoms with Crippen LogP contribution in [0.5, 0.6) is 0 Å². The highest BCUT2D eigenvalue weighted by Crippen LogP contribution is 2.42. The zero-order chi connectivity index (χ0) is 47.5. The lowest BCUT2D eigenvalue weighted by Gasteiger charge is -2.26. The van der Waals surface area contributed by atoms with E-state index in [0.717, 1.165) is 56.6 Å². The van der Waals surface area contributed by atoms with E-state index in [1.54, 1.807) is 0 Å². The molecule has 0 aliphatic carbocycles. The van der Waals surface area contributed by atoms with E-state index in [-0.39, 0.29) is 0 Å². The van der Waals surface area contributed by atoms with Gasteiger partial charge in [-0.15, -0.1) is 0 Å². The van der Waals surface area contributed by atoms with Gasteiger partial charge in [0.15, 0.2) is 0 Å². The second-order valence-electron chi connectivity index (χ2n) is 18.6. The van der Waals surface area contributed by atoms with Crippen molar-refractivity contribution in [3.8, 4) is 22.5 Å². The van der Waals surface area contributed by atoms with E-state index >= 15 is 0 Å². The summed E-state index contributed by atoms with van der Waals surface area (Å²) < 4.78 is 4.78. The molecule has 4 heteroatoms. The minimum atomic E-state index is 1.09. The Labute approximate surface area is 417 Å². The Morgan fingerprint density at radius 2 is 0.542 bits per heavy atom. The molecular weight excluding hydrogens is 873 g/mol. The lowest BCUT2D eigenvalue weighted by atomic mass is 10.0. The third-order valence-electron chi connectivity index (χ3n) is 14.4. The summed E-state index contributed by atoms with van der Waals surface area (Å²) >= 11 is 0. The summed E-state index contributed by atoms with van der Waals surface area (Å²) in [5.74, 6) is 0. The third kappa shape index (κ3) is 7.00. The van der Waals surface area contributed by atoms with Gasteiger partial charge in [0.25, 0.3) is 0 Å². The molecule has 0 aliphatic rings. The van der Waals surface area contributed by atoms with Crippen LogP contribution in [0.2, 0.25) is 0 Å². The van der Waals surface area contributed by atoms with E-state index in [1.807, 2.05) is 0 Å². The minimum absolute atomic E-state index is 1.09. The van der Waals surface area contributed by atoms with Gasteiger partial charge in [-0.05, 0) is 166 Å². The summed E-state index contributed by atoms with van der Waals surface area (Å²) in [5.41, 5.74) is 16.1. The van der Waals surface area contributed by atoms with E-state index < -0.39 is 0 Å². The van der Waals surface area contributed by atoms with Crippen LogP contribution in [0, 0.1) is 0 Å². The topological polar surface area (TPSA) is 16.3 Å². The van der Waals surface area contributed by atoms with Crippen molar-refractivity contribution < 1.29 is 0 Å². The number of anilines is 6. The molecular formula is C68H46N4. The Morgan fingerprint density at radius 3 is 1.00 bits per heavy atom. The molecule has 0 unspecified atom stereocenters. The Bertz CT molecular complexity index is 4290. The van der Waals surface area contributed by atoms with Crippen molar-refractivity contribution in [2.45, 2.75) is 0 Å². The van der Waals surface area contributed by atoms with Gasteiger partial charge in [-0.3, -0.25) is 0 Å². The first-order valence-corrected chi connectivity index (χ1v) is 24.7. The van der Waals surface area contributed by atoms with Crippen LogP contribution in [0.4, 0.5) is 34.1 Å². The molecule has 0 saturated carbocycles. The average Bonchev–Trinajstić information content (AvgIpc) is 3.95. The molecule has 0 spiro atoms. The van der Waals surface area contributed by atoms with Gasteiger partial charge in [0, 0.05) is 67.0 Å². The van der Waals surface area contributed by atoms with Gasteiger partial charge in [-0.2, -0.15) is 0 Å². The number of hydrogen-bond donors (Lipinski definition) is 0. The molecule has 12 aromatic carbocycles.